The SMILES string of the molecule is CC(=O)c1ccc(NC(=O)[C@H](C)[NH2+]C(C)C)cc1. The molecule has 1 rings (SSSR count). The third-order valence-corrected chi connectivity index (χ3v) is 2.65. The van der Waals surface area contributed by atoms with Crippen LogP contribution >= 0.6 is 0 Å². The van der Waals surface area contributed by atoms with Crippen LogP contribution in [0.15, 0.2) is 24.3 Å². The van der Waals surface area contributed by atoms with Crippen molar-refractivity contribution in [3.05, 3.63) is 29.8 Å². The Morgan fingerprint density at radius 1 is 1.11 bits per heavy atom. The van der Waals surface area contributed by atoms with Crippen LogP contribution in [-0.4, -0.2) is 23.8 Å². The summed E-state index contributed by atoms with van der Waals surface area (Å²) in [6, 6.07) is 7.18. The Bertz CT molecular complexity index is 424. The van der Waals surface area contributed by atoms with Crippen LogP contribution in [0.25, 0.3) is 0 Å². The largest absolute Gasteiger partial charge is 0.334 e. The second-order valence-corrected chi connectivity index (χ2v) is 4.85. The molecule has 0 unspecified atom stereocenters. The second kappa shape index (κ2) is 6.31. The zero-order valence-corrected chi connectivity index (χ0v) is 11.4. The van der Waals surface area contributed by atoms with Crippen LogP contribution in [0.2, 0.25) is 0 Å². The Morgan fingerprint density at radius 2 is 1.67 bits per heavy atom. The Hall–Kier alpha value is -1.68. The topological polar surface area (TPSA) is 62.8 Å². The van der Waals surface area contributed by atoms with Crippen molar-refractivity contribution in [3.8, 4) is 0 Å². The van der Waals surface area contributed by atoms with Crippen LogP contribution in [0.5, 0.6) is 0 Å². The number of benzene rings is 1. The number of nitrogens with two attached hydrogens (primary N) is 1. The highest BCUT2D eigenvalue weighted by atomic mass is 16.2. The number of amides is 1. The molecular weight excluding hydrogens is 228 g/mol. The van der Waals surface area contributed by atoms with Crippen LogP contribution < -0.4 is 10.6 Å². The van der Waals surface area contributed by atoms with Gasteiger partial charge in [-0.15, -0.1) is 0 Å². The summed E-state index contributed by atoms with van der Waals surface area (Å²) in [6.45, 7) is 7.49. The van der Waals surface area contributed by atoms with Gasteiger partial charge in [-0.1, -0.05) is 0 Å². The molecule has 18 heavy (non-hydrogen) atoms. The van der Waals surface area contributed by atoms with Gasteiger partial charge in [-0.2, -0.15) is 0 Å². The van der Waals surface area contributed by atoms with Gasteiger partial charge in [0.05, 0.1) is 6.04 Å². The molecule has 0 bridgehead atoms. The van der Waals surface area contributed by atoms with Gasteiger partial charge in [0.2, 0.25) is 0 Å². The van der Waals surface area contributed by atoms with Crippen molar-refractivity contribution in [3.63, 3.8) is 0 Å². The van der Waals surface area contributed by atoms with Gasteiger partial charge in [0.15, 0.2) is 11.8 Å². The molecule has 0 aliphatic rings. The lowest BCUT2D eigenvalue weighted by molar-refractivity contribution is -0.700. The maximum atomic E-state index is 11.9. The summed E-state index contributed by atoms with van der Waals surface area (Å²) in [6.07, 6.45) is 0. The number of quaternary nitrogens is 1. The lowest BCUT2D eigenvalue weighted by Gasteiger charge is -2.13. The molecule has 1 aromatic carbocycles. The van der Waals surface area contributed by atoms with Crippen LogP contribution in [0.4, 0.5) is 5.69 Å². The quantitative estimate of drug-likeness (QED) is 0.770. The zero-order valence-electron chi connectivity index (χ0n) is 11.4. The monoisotopic (exact) mass is 249 g/mol. The Balaban J connectivity index is 2.62. The number of carbonyl (C=O) groups is 2. The Morgan fingerprint density at radius 3 is 2.11 bits per heavy atom. The van der Waals surface area contributed by atoms with E-state index in [9.17, 15) is 9.59 Å². The molecule has 0 aromatic heterocycles. The normalized spacial score (nSPS) is 12.3. The van der Waals surface area contributed by atoms with Crippen LogP contribution in [-0.2, 0) is 4.79 Å². The molecular formula is C14H21N2O2+. The van der Waals surface area contributed by atoms with Gasteiger partial charge >= 0.3 is 0 Å². The maximum Gasteiger partial charge on any atom is 0.282 e. The first-order valence-electron chi connectivity index (χ1n) is 6.17. The van der Waals surface area contributed by atoms with E-state index in [0.717, 1.165) is 0 Å². The van der Waals surface area contributed by atoms with Crippen molar-refractivity contribution in [1.82, 2.24) is 0 Å². The fourth-order valence-corrected chi connectivity index (χ4v) is 1.71. The molecule has 0 aliphatic carbocycles. The summed E-state index contributed by atoms with van der Waals surface area (Å²) >= 11 is 0. The summed E-state index contributed by atoms with van der Waals surface area (Å²) in [4.78, 5) is 23.0. The predicted octanol–water partition coefficient (Wildman–Crippen LogP) is 1.19. The second-order valence-electron chi connectivity index (χ2n) is 4.85. The lowest BCUT2D eigenvalue weighted by Crippen LogP contribution is -2.95. The standard InChI is InChI=1S/C14H20N2O2/c1-9(2)15-10(3)14(18)16-13-7-5-12(6-8-13)11(4)17/h5-10,15H,1-4H3,(H,16,18)/p+1/t10-/m0/s1. The van der Waals surface area contributed by atoms with Gasteiger partial charge < -0.3 is 10.6 Å². The van der Waals surface area contributed by atoms with E-state index in [2.05, 4.69) is 5.32 Å². The summed E-state index contributed by atoms with van der Waals surface area (Å²) in [5, 5.41) is 4.83. The van der Waals surface area contributed by atoms with E-state index in [0.29, 0.717) is 17.3 Å². The summed E-state index contributed by atoms with van der Waals surface area (Å²) in [5.41, 5.74) is 1.36. The highest BCUT2D eigenvalue weighted by Gasteiger charge is 2.17. The molecule has 4 heteroatoms. The van der Waals surface area contributed by atoms with Gasteiger partial charge in [0.1, 0.15) is 0 Å². The molecule has 98 valence electrons. The van der Waals surface area contributed by atoms with Gasteiger partial charge in [0.25, 0.3) is 5.91 Å². The fourth-order valence-electron chi connectivity index (χ4n) is 1.71. The number of nitrogens with one attached hydrogen (secondary N) is 1. The summed E-state index contributed by atoms with van der Waals surface area (Å²) < 4.78 is 0. The van der Waals surface area contributed by atoms with E-state index in [1.807, 2.05) is 26.1 Å². The van der Waals surface area contributed by atoms with Crippen molar-refractivity contribution in [2.24, 2.45) is 0 Å². The Kier molecular flexibility index (Phi) is 5.04. The molecule has 3 N–H and O–H groups in total. The third kappa shape index (κ3) is 4.30. The van der Waals surface area contributed by atoms with E-state index >= 15 is 0 Å². The molecule has 1 amide bonds. The number of hydrogen-bond acceptors (Lipinski definition) is 2. The van der Waals surface area contributed by atoms with E-state index < -0.39 is 0 Å². The van der Waals surface area contributed by atoms with E-state index in [4.69, 9.17) is 0 Å². The minimum absolute atomic E-state index is 0.0226. The fraction of sp³-hybridized carbons (Fsp3) is 0.429. The first-order valence-corrected chi connectivity index (χ1v) is 6.17. The highest BCUT2D eigenvalue weighted by molar-refractivity contribution is 5.96. The maximum absolute atomic E-state index is 11.9. The van der Waals surface area contributed by atoms with Crippen LogP contribution in [0.3, 0.4) is 0 Å². The predicted molar refractivity (Wildman–Crippen MR) is 71.6 cm³/mol. The number of carbonyl (C=O) groups excluding carboxylic acids is 2. The van der Waals surface area contributed by atoms with Crippen molar-refractivity contribution in [2.75, 3.05) is 5.32 Å². The molecule has 0 saturated carbocycles. The van der Waals surface area contributed by atoms with Crippen LogP contribution in [0.1, 0.15) is 38.1 Å². The number of ketones is 1. The van der Waals surface area contributed by atoms with Gasteiger partial charge in [0, 0.05) is 11.3 Å². The molecule has 0 saturated heterocycles. The molecule has 0 spiro atoms. The third-order valence-electron chi connectivity index (χ3n) is 2.65. The summed E-state index contributed by atoms with van der Waals surface area (Å²) in [5.74, 6) is -0.00587. The molecule has 1 aromatic rings. The highest BCUT2D eigenvalue weighted by Crippen LogP contribution is 2.10. The number of hydrogen-bond donors (Lipinski definition) is 2. The zero-order chi connectivity index (χ0) is 13.7. The van der Waals surface area contributed by atoms with Crippen molar-refractivity contribution in [2.45, 2.75) is 39.8 Å². The van der Waals surface area contributed by atoms with E-state index in [1.54, 1.807) is 24.3 Å². The first kappa shape index (κ1) is 14.4. The van der Waals surface area contributed by atoms with Crippen molar-refractivity contribution in [1.29, 1.82) is 0 Å². The Labute approximate surface area is 108 Å². The minimum Gasteiger partial charge on any atom is -0.334 e. The van der Waals surface area contributed by atoms with Gasteiger partial charge in [-0.25, -0.2) is 0 Å². The molecule has 0 aliphatic heterocycles. The first-order chi connectivity index (χ1) is 8.40. The van der Waals surface area contributed by atoms with E-state index in [-0.39, 0.29) is 17.7 Å². The number of anilines is 1. The van der Waals surface area contributed by atoms with Gasteiger partial charge in [-0.3, -0.25) is 9.59 Å². The molecule has 1 atom stereocenters. The summed E-state index contributed by atoms with van der Waals surface area (Å²) in [7, 11) is 0. The molecule has 0 radical (unpaired) electrons. The van der Waals surface area contributed by atoms with E-state index in [1.165, 1.54) is 6.92 Å². The average Bonchev–Trinajstić information content (AvgIpc) is 2.28. The molecule has 4 nitrogen and oxygen atoms in total. The van der Waals surface area contributed by atoms with Crippen molar-refractivity contribution < 1.29 is 14.9 Å². The average molecular weight is 249 g/mol. The minimum atomic E-state index is -0.127. The smallest absolute Gasteiger partial charge is 0.282 e. The lowest BCUT2D eigenvalue weighted by atomic mass is 10.1. The number of rotatable bonds is 5. The molecule has 0 heterocycles. The van der Waals surface area contributed by atoms with Crippen molar-refractivity contribution >= 4 is 17.4 Å². The molecule has 0 fully saturated rings. The number of Topliss-reactive ketones (excluding diaryl/α,β-unsaturated/α-hetero) is 1. The van der Waals surface area contributed by atoms with Crippen LogP contribution in [0, 0.1) is 0 Å². The van der Waals surface area contributed by atoms with Gasteiger partial charge in [-0.05, 0) is 52.0 Å².